The van der Waals surface area contributed by atoms with Crippen LogP contribution in [0.3, 0.4) is 0 Å². The minimum atomic E-state index is -0.727. The van der Waals surface area contributed by atoms with Gasteiger partial charge in [0.15, 0.2) is 18.1 Å². The molecular formula is C21H24N2O6. The van der Waals surface area contributed by atoms with Crippen molar-refractivity contribution in [1.29, 1.82) is 0 Å². The number of ether oxygens (including phenoxy) is 3. The van der Waals surface area contributed by atoms with Gasteiger partial charge in [-0.05, 0) is 49.2 Å². The molecule has 0 aliphatic carbocycles. The summed E-state index contributed by atoms with van der Waals surface area (Å²) < 4.78 is 15.2. The summed E-state index contributed by atoms with van der Waals surface area (Å²) in [4.78, 5) is 36.0. The van der Waals surface area contributed by atoms with Crippen LogP contribution in [0.15, 0.2) is 36.4 Å². The van der Waals surface area contributed by atoms with Crippen molar-refractivity contribution in [1.82, 2.24) is 5.32 Å². The predicted octanol–water partition coefficient (Wildman–Crippen LogP) is 2.23. The molecule has 0 fully saturated rings. The molecule has 0 bridgehead atoms. The van der Waals surface area contributed by atoms with Crippen molar-refractivity contribution in [3.05, 3.63) is 53.1 Å². The summed E-state index contributed by atoms with van der Waals surface area (Å²) in [5.41, 5.74) is 2.86. The van der Waals surface area contributed by atoms with Gasteiger partial charge in [-0.1, -0.05) is 12.1 Å². The summed E-state index contributed by atoms with van der Waals surface area (Å²) in [5.74, 6) is -0.792. The van der Waals surface area contributed by atoms with Crippen LogP contribution in [0.2, 0.25) is 0 Å². The molecule has 8 nitrogen and oxygen atoms in total. The van der Waals surface area contributed by atoms with Crippen molar-refractivity contribution in [2.24, 2.45) is 0 Å². The largest absolute Gasteiger partial charge is 0.493 e. The zero-order valence-electron chi connectivity index (χ0n) is 16.8. The first-order valence-electron chi connectivity index (χ1n) is 8.87. The fraction of sp³-hybridized carbons (Fsp3) is 0.286. The van der Waals surface area contributed by atoms with Gasteiger partial charge in [0.1, 0.15) is 6.54 Å². The zero-order chi connectivity index (χ0) is 21.4. The first-order chi connectivity index (χ1) is 13.8. The van der Waals surface area contributed by atoms with Gasteiger partial charge in [-0.2, -0.15) is 0 Å². The Balaban J connectivity index is 1.81. The molecule has 2 aromatic rings. The highest BCUT2D eigenvalue weighted by Gasteiger charge is 2.14. The minimum Gasteiger partial charge on any atom is -0.493 e. The molecule has 154 valence electrons. The van der Waals surface area contributed by atoms with Gasteiger partial charge in [-0.3, -0.25) is 14.4 Å². The fourth-order valence-corrected chi connectivity index (χ4v) is 2.49. The van der Waals surface area contributed by atoms with Gasteiger partial charge in [0.05, 0.1) is 14.2 Å². The van der Waals surface area contributed by atoms with Gasteiger partial charge >= 0.3 is 5.97 Å². The standard InChI is InChI=1S/C21H24N2O6/c1-13-5-6-14(2)16(9-13)23-19(24)12-29-20(25)11-22-21(26)15-7-8-17(27-3)18(10-15)28-4/h5-10H,11-12H2,1-4H3,(H,22,26)(H,23,24). The molecular weight excluding hydrogens is 376 g/mol. The molecule has 0 saturated carbocycles. The lowest BCUT2D eigenvalue weighted by Crippen LogP contribution is -2.32. The molecule has 0 spiro atoms. The molecule has 0 aliphatic heterocycles. The molecule has 0 aromatic heterocycles. The summed E-state index contributed by atoms with van der Waals surface area (Å²) >= 11 is 0. The number of amides is 2. The van der Waals surface area contributed by atoms with Crippen LogP contribution in [0.4, 0.5) is 5.69 Å². The summed E-state index contributed by atoms with van der Waals surface area (Å²) in [6, 6.07) is 10.3. The van der Waals surface area contributed by atoms with Crippen molar-refractivity contribution in [2.75, 3.05) is 32.7 Å². The number of benzene rings is 2. The van der Waals surface area contributed by atoms with Gasteiger partial charge in [0.25, 0.3) is 11.8 Å². The molecule has 29 heavy (non-hydrogen) atoms. The van der Waals surface area contributed by atoms with E-state index in [1.54, 1.807) is 12.1 Å². The van der Waals surface area contributed by atoms with Gasteiger partial charge in [-0.15, -0.1) is 0 Å². The highest BCUT2D eigenvalue weighted by atomic mass is 16.5. The van der Waals surface area contributed by atoms with Crippen molar-refractivity contribution in [3.8, 4) is 11.5 Å². The van der Waals surface area contributed by atoms with E-state index in [0.29, 0.717) is 22.7 Å². The van der Waals surface area contributed by atoms with Crippen molar-refractivity contribution in [2.45, 2.75) is 13.8 Å². The zero-order valence-corrected chi connectivity index (χ0v) is 16.8. The van der Waals surface area contributed by atoms with Crippen LogP contribution >= 0.6 is 0 Å². The van der Waals surface area contributed by atoms with Crippen molar-refractivity contribution >= 4 is 23.5 Å². The molecule has 2 aromatic carbocycles. The predicted molar refractivity (Wildman–Crippen MR) is 107 cm³/mol. The van der Waals surface area contributed by atoms with Crippen molar-refractivity contribution in [3.63, 3.8) is 0 Å². The maximum atomic E-state index is 12.2. The quantitative estimate of drug-likeness (QED) is 0.659. The molecule has 2 amide bonds. The Kier molecular flexibility index (Phi) is 7.59. The van der Waals surface area contributed by atoms with Gasteiger partial charge in [-0.25, -0.2) is 0 Å². The van der Waals surface area contributed by atoms with Crippen LogP contribution in [-0.2, 0) is 14.3 Å². The van der Waals surface area contributed by atoms with E-state index < -0.39 is 24.4 Å². The average Bonchev–Trinajstić information content (AvgIpc) is 2.72. The average molecular weight is 400 g/mol. The Hall–Kier alpha value is -3.55. The third-order valence-corrected chi connectivity index (χ3v) is 4.07. The second-order valence-corrected chi connectivity index (χ2v) is 6.28. The molecule has 0 unspecified atom stereocenters. The molecule has 0 radical (unpaired) electrons. The molecule has 2 rings (SSSR count). The second kappa shape index (κ2) is 10.1. The molecule has 0 saturated heterocycles. The third kappa shape index (κ3) is 6.24. The topological polar surface area (TPSA) is 103 Å². The summed E-state index contributed by atoms with van der Waals surface area (Å²) in [6.07, 6.45) is 0. The number of anilines is 1. The Bertz CT molecular complexity index is 910. The Morgan fingerprint density at radius 3 is 2.34 bits per heavy atom. The van der Waals surface area contributed by atoms with Crippen LogP contribution in [0.5, 0.6) is 11.5 Å². The normalized spacial score (nSPS) is 10.1. The Morgan fingerprint density at radius 2 is 1.66 bits per heavy atom. The third-order valence-electron chi connectivity index (χ3n) is 4.07. The number of methoxy groups -OCH3 is 2. The number of hydrogen-bond acceptors (Lipinski definition) is 6. The monoisotopic (exact) mass is 400 g/mol. The summed E-state index contributed by atoms with van der Waals surface area (Å²) in [6.45, 7) is 2.96. The maximum Gasteiger partial charge on any atom is 0.325 e. The van der Waals surface area contributed by atoms with Gasteiger partial charge in [0.2, 0.25) is 0 Å². The lowest BCUT2D eigenvalue weighted by atomic mass is 10.1. The molecule has 0 aliphatic rings. The Labute approximate surface area is 169 Å². The number of esters is 1. The van der Waals surface area contributed by atoms with Crippen LogP contribution in [0.1, 0.15) is 21.5 Å². The second-order valence-electron chi connectivity index (χ2n) is 6.28. The van der Waals surface area contributed by atoms with E-state index >= 15 is 0 Å². The van der Waals surface area contributed by atoms with Gasteiger partial charge < -0.3 is 24.8 Å². The lowest BCUT2D eigenvalue weighted by molar-refractivity contribution is -0.146. The highest BCUT2D eigenvalue weighted by Crippen LogP contribution is 2.27. The first-order valence-corrected chi connectivity index (χ1v) is 8.87. The van der Waals surface area contributed by atoms with Crippen LogP contribution in [0, 0.1) is 13.8 Å². The van der Waals surface area contributed by atoms with E-state index in [9.17, 15) is 14.4 Å². The fourth-order valence-electron chi connectivity index (χ4n) is 2.49. The highest BCUT2D eigenvalue weighted by molar-refractivity contribution is 5.97. The minimum absolute atomic E-state index is 0.295. The van der Waals surface area contributed by atoms with E-state index in [1.165, 1.54) is 20.3 Å². The SMILES string of the molecule is COc1ccc(C(=O)NCC(=O)OCC(=O)Nc2cc(C)ccc2C)cc1OC. The first kappa shape index (κ1) is 21.7. The number of nitrogens with one attached hydrogen (secondary N) is 2. The number of aryl methyl sites for hydroxylation is 2. The van der Waals surface area contributed by atoms with E-state index in [2.05, 4.69) is 10.6 Å². The number of carbonyl (C=O) groups excluding carboxylic acids is 3. The van der Waals surface area contributed by atoms with Crippen LogP contribution < -0.4 is 20.1 Å². The van der Waals surface area contributed by atoms with Crippen LogP contribution in [-0.4, -0.2) is 45.2 Å². The van der Waals surface area contributed by atoms with Gasteiger partial charge in [0, 0.05) is 11.3 Å². The molecule has 0 heterocycles. The van der Waals surface area contributed by atoms with E-state index in [0.717, 1.165) is 11.1 Å². The molecule has 8 heteroatoms. The summed E-state index contributed by atoms with van der Waals surface area (Å²) in [7, 11) is 2.95. The molecule has 2 N–H and O–H groups in total. The number of rotatable bonds is 8. The Morgan fingerprint density at radius 1 is 0.931 bits per heavy atom. The molecule has 0 atom stereocenters. The van der Waals surface area contributed by atoms with E-state index in [1.807, 2.05) is 32.0 Å². The number of hydrogen-bond donors (Lipinski definition) is 2. The summed E-state index contributed by atoms with van der Waals surface area (Å²) in [5, 5.41) is 5.13. The van der Waals surface area contributed by atoms with E-state index in [4.69, 9.17) is 14.2 Å². The lowest BCUT2D eigenvalue weighted by Gasteiger charge is -2.11. The maximum absolute atomic E-state index is 12.2. The number of carbonyl (C=O) groups is 3. The van der Waals surface area contributed by atoms with E-state index in [-0.39, 0.29) is 6.54 Å². The smallest absolute Gasteiger partial charge is 0.325 e. The van der Waals surface area contributed by atoms with Crippen molar-refractivity contribution < 1.29 is 28.6 Å². The van der Waals surface area contributed by atoms with Crippen LogP contribution in [0.25, 0.3) is 0 Å².